The summed E-state index contributed by atoms with van der Waals surface area (Å²) in [5.41, 5.74) is 0. The third-order valence-corrected chi connectivity index (χ3v) is 8.75. The Labute approximate surface area is 297 Å². The van der Waals surface area contributed by atoms with Crippen LogP contribution in [-0.2, 0) is 14.3 Å². The molecule has 0 aliphatic rings. The maximum Gasteiger partial charge on any atom is 0.306 e. The average molecular weight is 669 g/mol. The van der Waals surface area contributed by atoms with Crippen molar-refractivity contribution in [3.8, 4) is 0 Å². The lowest BCUT2D eigenvalue weighted by Gasteiger charge is -2.18. The zero-order valence-corrected chi connectivity index (χ0v) is 31.5. The minimum atomic E-state index is -0.685. The molecular formula is C44H76O4. The van der Waals surface area contributed by atoms with Crippen molar-refractivity contribution in [2.45, 2.75) is 206 Å². The van der Waals surface area contributed by atoms with Crippen LogP contribution in [0.1, 0.15) is 200 Å². The van der Waals surface area contributed by atoms with Gasteiger partial charge in [0.25, 0.3) is 0 Å². The van der Waals surface area contributed by atoms with Crippen LogP contribution >= 0.6 is 0 Å². The van der Waals surface area contributed by atoms with E-state index < -0.39 is 5.97 Å². The van der Waals surface area contributed by atoms with Gasteiger partial charge in [0.1, 0.15) is 6.10 Å². The summed E-state index contributed by atoms with van der Waals surface area (Å²) in [5.74, 6) is -0.680. The zero-order valence-electron chi connectivity index (χ0n) is 31.5. The first-order chi connectivity index (χ1) is 23.6. The lowest BCUT2D eigenvalue weighted by atomic mass is 10.0. The van der Waals surface area contributed by atoms with Gasteiger partial charge in [-0.2, -0.15) is 0 Å². The maximum absolute atomic E-state index is 12.6. The summed E-state index contributed by atoms with van der Waals surface area (Å²) >= 11 is 0. The molecule has 1 unspecified atom stereocenters. The van der Waals surface area contributed by atoms with Gasteiger partial charge in [-0.05, 0) is 83.5 Å². The predicted molar refractivity (Wildman–Crippen MR) is 208 cm³/mol. The van der Waals surface area contributed by atoms with Gasteiger partial charge in [0.05, 0.1) is 0 Å². The fourth-order valence-electron chi connectivity index (χ4n) is 5.80. The first-order valence-corrected chi connectivity index (χ1v) is 20.3. The molecule has 1 atom stereocenters. The van der Waals surface area contributed by atoms with Gasteiger partial charge in [0.15, 0.2) is 0 Å². The zero-order chi connectivity index (χ0) is 35.0. The third-order valence-electron chi connectivity index (χ3n) is 8.75. The molecule has 276 valence electrons. The minimum absolute atomic E-state index is 0.00567. The monoisotopic (exact) mass is 669 g/mol. The molecule has 0 aromatic heterocycles. The molecule has 0 spiro atoms. The smallest absolute Gasteiger partial charge is 0.306 e. The van der Waals surface area contributed by atoms with E-state index >= 15 is 0 Å². The number of carbonyl (C=O) groups excluding carboxylic acids is 1. The molecule has 4 nitrogen and oxygen atoms in total. The molecule has 48 heavy (non-hydrogen) atoms. The van der Waals surface area contributed by atoms with Gasteiger partial charge >= 0.3 is 11.9 Å². The van der Waals surface area contributed by atoms with Crippen LogP contribution in [0.4, 0.5) is 0 Å². The number of aliphatic carboxylic acids is 1. The average Bonchev–Trinajstić information content (AvgIpc) is 3.07. The van der Waals surface area contributed by atoms with Crippen molar-refractivity contribution >= 4 is 11.9 Å². The summed E-state index contributed by atoms with van der Waals surface area (Å²) < 4.78 is 6.00. The van der Waals surface area contributed by atoms with Gasteiger partial charge in [0.2, 0.25) is 0 Å². The van der Waals surface area contributed by atoms with Crippen LogP contribution in [0.2, 0.25) is 0 Å². The van der Waals surface area contributed by atoms with E-state index in [1.807, 2.05) is 0 Å². The molecule has 0 bridgehead atoms. The summed E-state index contributed by atoms with van der Waals surface area (Å²) in [4.78, 5) is 23.3. The topological polar surface area (TPSA) is 63.6 Å². The van der Waals surface area contributed by atoms with E-state index in [-0.39, 0.29) is 12.1 Å². The third kappa shape index (κ3) is 38.1. The predicted octanol–water partition coefficient (Wildman–Crippen LogP) is 14.1. The summed E-state index contributed by atoms with van der Waals surface area (Å²) in [5, 5.41) is 8.73. The largest absolute Gasteiger partial charge is 0.481 e. The van der Waals surface area contributed by atoms with Gasteiger partial charge in [-0.3, -0.25) is 9.59 Å². The van der Waals surface area contributed by atoms with Crippen molar-refractivity contribution in [1.29, 1.82) is 0 Å². The number of esters is 1. The van der Waals surface area contributed by atoms with Gasteiger partial charge < -0.3 is 9.84 Å². The van der Waals surface area contributed by atoms with E-state index in [9.17, 15) is 9.59 Å². The summed E-state index contributed by atoms with van der Waals surface area (Å²) in [6.07, 6.45) is 53.9. The highest BCUT2D eigenvalue weighted by Gasteiger charge is 2.14. The van der Waals surface area contributed by atoms with Crippen LogP contribution in [0.5, 0.6) is 0 Å². The minimum Gasteiger partial charge on any atom is -0.481 e. The number of carboxylic acids is 1. The van der Waals surface area contributed by atoms with E-state index in [0.717, 1.165) is 96.3 Å². The molecule has 0 rings (SSSR count). The fourth-order valence-corrected chi connectivity index (χ4v) is 5.80. The molecular weight excluding hydrogens is 592 g/mol. The Bertz CT molecular complexity index is 850. The van der Waals surface area contributed by atoms with E-state index in [4.69, 9.17) is 9.84 Å². The first kappa shape index (κ1) is 45.6. The number of carboxylic acid groups (broad SMARTS) is 1. The van der Waals surface area contributed by atoms with Crippen LogP contribution in [0.25, 0.3) is 0 Å². The van der Waals surface area contributed by atoms with Crippen molar-refractivity contribution in [2.75, 3.05) is 0 Å². The summed E-state index contributed by atoms with van der Waals surface area (Å²) in [7, 11) is 0. The Kier molecular flexibility index (Phi) is 37.2. The molecule has 0 aliphatic heterocycles. The molecule has 0 amide bonds. The van der Waals surface area contributed by atoms with Crippen molar-refractivity contribution in [1.82, 2.24) is 0 Å². The van der Waals surface area contributed by atoms with Crippen LogP contribution < -0.4 is 0 Å². The van der Waals surface area contributed by atoms with Gasteiger partial charge in [0, 0.05) is 12.8 Å². The molecule has 0 saturated carbocycles. The molecule has 0 aromatic rings. The summed E-state index contributed by atoms with van der Waals surface area (Å²) in [6.45, 7) is 4.42. The second-order valence-corrected chi connectivity index (χ2v) is 13.4. The SMILES string of the molecule is CC/C=C\C/C=C\C/C=C\C/C=C\C/C=C\CCCCCCCC(=O)OC(CCCCCCCC)CCCCCCCCCCC(=O)O. The quantitative estimate of drug-likeness (QED) is 0.0410. The highest BCUT2D eigenvalue weighted by Crippen LogP contribution is 2.19. The second-order valence-electron chi connectivity index (χ2n) is 13.4. The number of ether oxygens (including phenoxy) is 1. The molecule has 0 radical (unpaired) electrons. The van der Waals surface area contributed by atoms with E-state index in [2.05, 4.69) is 74.6 Å². The summed E-state index contributed by atoms with van der Waals surface area (Å²) in [6, 6.07) is 0. The van der Waals surface area contributed by atoms with E-state index in [1.54, 1.807) is 0 Å². The second kappa shape index (κ2) is 39.1. The van der Waals surface area contributed by atoms with Crippen molar-refractivity contribution in [3.05, 3.63) is 60.8 Å². The highest BCUT2D eigenvalue weighted by molar-refractivity contribution is 5.69. The van der Waals surface area contributed by atoms with Crippen LogP contribution in [-0.4, -0.2) is 23.1 Å². The van der Waals surface area contributed by atoms with Crippen molar-refractivity contribution in [3.63, 3.8) is 0 Å². The number of unbranched alkanes of at least 4 members (excludes halogenated alkanes) is 17. The number of rotatable bonds is 36. The van der Waals surface area contributed by atoms with Gasteiger partial charge in [-0.1, -0.05) is 164 Å². The standard InChI is InChI=1S/C44H76O4/c1-3-5-7-9-11-12-13-14-15-16-17-18-19-20-21-22-23-24-29-33-37-41-44(47)48-42(38-34-30-10-8-6-4-2)39-35-31-27-25-26-28-32-36-40-43(45)46/h5,7,11-12,14-15,17-18,20-21,42H,3-4,6,8-10,13,16,19,22-41H2,1-2H3,(H,45,46)/b7-5-,12-11-,15-14-,18-17-,21-20-. The van der Waals surface area contributed by atoms with Crippen LogP contribution in [0.15, 0.2) is 60.8 Å². The van der Waals surface area contributed by atoms with E-state index in [0.29, 0.717) is 12.8 Å². The van der Waals surface area contributed by atoms with Crippen molar-refractivity contribution in [2.24, 2.45) is 0 Å². The Morgan fingerprint density at radius 3 is 1.35 bits per heavy atom. The molecule has 0 saturated heterocycles. The molecule has 0 fully saturated rings. The van der Waals surface area contributed by atoms with Gasteiger partial charge in [-0.15, -0.1) is 0 Å². The number of hydrogen-bond donors (Lipinski definition) is 1. The molecule has 0 aliphatic carbocycles. The number of allylic oxidation sites excluding steroid dienone is 10. The maximum atomic E-state index is 12.6. The van der Waals surface area contributed by atoms with Gasteiger partial charge in [-0.25, -0.2) is 0 Å². The fraction of sp³-hybridized carbons (Fsp3) is 0.727. The van der Waals surface area contributed by atoms with Crippen LogP contribution in [0.3, 0.4) is 0 Å². The Morgan fingerprint density at radius 1 is 0.479 bits per heavy atom. The molecule has 4 heteroatoms. The Balaban J connectivity index is 3.96. The van der Waals surface area contributed by atoms with Crippen LogP contribution in [0, 0.1) is 0 Å². The normalized spacial score (nSPS) is 12.9. The first-order valence-electron chi connectivity index (χ1n) is 20.3. The molecule has 0 heterocycles. The van der Waals surface area contributed by atoms with Crippen molar-refractivity contribution < 1.29 is 19.4 Å². The lowest BCUT2D eigenvalue weighted by Crippen LogP contribution is -2.18. The number of hydrogen-bond acceptors (Lipinski definition) is 3. The molecule has 0 aromatic carbocycles. The highest BCUT2D eigenvalue weighted by atomic mass is 16.5. The lowest BCUT2D eigenvalue weighted by molar-refractivity contribution is -0.150. The molecule has 1 N–H and O–H groups in total. The Morgan fingerprint density at radius 2 is 0.875 bits per heavy atom. The Hall–Kier alpha value is -2.36. The van der Waals surface area contributed by atoms with E-state index in [1.165, 1.54) is 77.0 Å². The number of carbonyl (C=O) groups is 2.